The number of aromatic nitrogens is 4. The fourth-order valence-corrected chi connectivity index (χ4v) is 3.51. The number of halogens is 1. The van der Waals surface area contributed by atoms with Gasteiger partial charge in [0.15, 0.2) is 5.69 Å². The lowest BCUT2D eigenvalue weighted by Crippen LogP contribution is -2.35. The van der Waals surface area contributed by atoms with E-state index in [1.165, 1.54) is 29.9 Å². The van der Waals surface area contributed by atoms with Gasteiger partial charge in [-0.3, -0.25) is 0 Å². The van der Waals surface area contributed by atoms with E-state index in [1.807, 2.05) is 13.8 Å². The largest absolute Gasteiger partial charge is 0.479 e. The van der Waals surface area contributed by atoms with Crippen LogP contribution in [0.15, 0.2) is 10.7 Å². The number of methoxy groups -OCH3 is 1. The predicted molar refractivity (Wildman–Crippen MR) is 118 cm³/mol. The molecule has 0 saturated heterocycles. The molecule has 0 aliphatic carbocycles. The average Bonchev–Trinajstić information content (AvgIpc) is 3.03. The fourth-order valence-electron chi connectivity index (χ4n) is 2.64. The van der Waals surface area contributed by atoms with Crippen LogP contribution in [0.4, 0.5) is 10.7 Å². The number of ether oxygens (including phenoxy) is 3. The molecule has 2 aromatic rings. The summed E-state index contributed by atoms with van der Waals surface area (Å²) in [6.45, 7) is 11.2. The summed E-state index contributed by atoms with van der Waals surface area (Å²) in [5, 5.41) is 4.42. The third-order valence-corrected chi connectivity index (χ3v) is 4.77. The van der Waals surface area contributed by atoms with Crippen LogP contribution < -0.4 is 9.64 Å². The Kier molecular flexibility index (Phi) is 7.63. The predicted octanol–water partition coefficient (Wildman–Crippen LogP) is 4.10. The maximum absolute atomic E-state index is 12.3. The van der Waals surface area contributed by atoms with Crippen molar-refractivity contribution in [3.05, 3.63) is 22.1 Å². The molecule has 11 heteroatoms. The van der Waals surface area contributed by atoms with Gasteiger partial charge >= 0.3 is 12.1 Å². The zero-order valence-electron chi connectivity index (χ0n) is 19.0. The summed E-state index contributed by atoms with van der Waals surface area (Å²) in [7, 11) is 2.95. The van der Waals surface area contributed by atoms with Crippen molar-refractivity contribution in [3.8, 4) is 11.6 Å². The number of rotatable bonds is 6. The van der Waals surface area contributed by atoms with Crippen LogP contribution >= 0.6 is 15.9 Å². The second kappa shape index (κ2) is 9.63. The SMILES string of the molecule is CCOC(=O)c1nn(-c2cnc(N(C)C(=O)OC(C)(C)C)nc2OC)c(C(C)C)c1Br. The first-order chi connectivity index (χ1) is 14.4. The molecule has 0 fully saturated rings. The van der Waals surface area contributed by atoms with E-state index in [4.69, 9.17) is 14.2 Å². The van der Waals surface area contributed by atoms with Gasteiger partial charge in [-0.1, -0.05) is 13.8 Å². The molecule has 0 saturated carbocycles. The molecule has 0 radical (unpaired) electrons. The van der Waals surface area contributed by atoms with Crippen molar-refractivity contribution in [2.24, 2.45) is 0 Å². The van der Waals surface area contributed by atoms with Crippen LogP contribution in [0.1, 0.15) is 63.6 Å². The van der Waals surface area contributed by atoms with Gasteiger partial charge in [-0.25, -0.2) is 24.2 Å². The molecule has 0 unspecified atom stereocenters. The lowest BCUT2D eigenvalue weighted by molar-refractivity contribution is 0.0516. The summed E-state index contributed by atoms with van der Waals surface area (Å²) < 4.78 is 18.0. The molecule has 10 nitrogen and oxygen atoms in total. The van der Waals surface area contributed by atoms with Gasteiger partial charge in [0.1, 0.15) is 11.3 Å². The number of hydrogen-bond donors (Lipinski definition) is 0. The molecule has 0 bridgehead atoms. The topological polar surface area (TPSA) is 109 Å². The highest BCUT2D eigenvalue weighted by atomic mass is 79.9. The van der Waals surface area contributed by atoms with Gasteiger partial charge in [0, 0.05) is 7.05 Å². The van der Waals surface area contributed by atoms with Gasteiger partial charge in [0.05, 0.1) is 30.1 Å². The minimum atomic E-state index is -0.660. The molecule has 0 atom stereocenters. The first-order valence-electron chi connectivity index (χ1n) is 9.74. The van der Waals surface area contributed by atoms with E-state index < -0.39 is 17.7 Å². The lowest BCUT2D eigenvalue weighted by Gasteiger charge is -2.23. The maximum atomic E-state index is 12.3. The lowest BCUT2D eigenvalue weighted by atomic mass is 10.1. The molecule has 2 rings (SSSR count). The van der Waals surface area contributed by atoms with E-state index >= 15 is 0 Å². The number of anilines is 1. The molecule has 31 heavy (non-hydrogen) atoms. The summed E-state index contributed by atoms with van der Waals surface area (Å²) in [5.74, 6) is -0.277. The van der Waals surface area contributed by atoms with Crippen molar-refractivity contribution in [2.75, 3.05) is 25.7 Å². The molecule has 0 aromatic carbocycles. The van der Waals surface area contributed by atoms with Crippen molar-refractivity contribution in [1.29, 1.82) is 0 Å². The summed E-state index contributed by atoms with van der Waals surface area (Å²) >= 11 is 3.47. The zero-order valence-corrected chi connectivity index (χ0v) is 20.6. The number of nitrogens with zero attached hydrogens (tertiary/aromatic N) is 5. The summed E-state index contributed by atoms with van der Waals surface area (Å²) in [5.41, 5.74) is 0.608. The van der Waals surface area contributed by atoms with E-state index in [9.17, 15) is 9.59 Å². The normalized spacial score (nSPS) is 11.4. The van der Waals surface area contributed by atoms with Crippen LogP contribution in [-0.4, -0.2) is 58.2 Å². The molecular formula is C20H28BrN5O5. The van der Waals surface area contributed by atoms with Crippen molar-refractivity contribution < 1.29 is 23.8 Å². The summed E-state index contributed by atoms with van der Waals surface area (Å²) in [6.07, 6.45) is 0.874. The Morgan fingerprint density at radius 1 is 1.29 bits per heavy atom. The van der Waals surface area contributed by atoms with Gasteiger partial charge < -0.3 is 14.2 Å². The quantitative estimate of drug-likeness (QED) is 0.548. The Morgan fingerprint density at radius 2 is 1.94 bits per heavy atom. The van der Waals surface area contributed by atoms with E-state index in [0.29, 0.717) is 10.2 Å². The summed E-state index contributed by atoms with van der Waals surface area (Å²) in [6, 6.07) is 0. The Bertz CT molecular complexity index is 968. The number of hydrogen-bond acceptors (Lipinski definition) is 8. The first-order valence-corrected chi connectivity index (χ1v) is 10.5. The molecule has 170 valence electrons. The highest BCUT2D eigenvalue weighted by Crippen LogP contribution is 2.33. The molecule has 0 aliphatic rings. The molecule has 2 heterocycles. The number of amides is 1. The number of carbonyl (C=O) groups is 2. The molecule has 0 N–H and O–H groups in total. The summed E-state index contributed by atoms with van der Waals surface area (Å²) in [4.78, 5) is 34.5. The Hall–Kier alpha value is -2.69. The van der Waals surface area contributed by atoms with E-state index in [0.717, 1.165) is 5.69 Å². The minimum Gasteiger partial charge on any atom is -0.479 e. The minimum absolute atomic E-state index is 0.00105. The standard InChI is InChI=1S/C20H28BrN5O5/c1-9-30-17(27)14-13(21)15(11(2)3)26(24-14)12-10-22-18(23-16(12)29-8)25(7)19(28)31-20(4,5)6/h10-11H,9H2,1-8H3. The van der Waals surface area contributed by atoms with Gasteiger partial charge in [-0.15, -0.1) is 0 Å². The zero-order chi connectivity index (χ0) is 23.5. The molecule has 0 aliphatic heterocycles. The first kappa shape index (κ1) is 24.6. The van der Waals surface area contributed by atoms with Gasteiger partial charge in [-0.05, 0) is 49.5 Å². The van der Waals surface area contributed by atoms with Crippen molar-refractivity contribution in [1.82, 2.24) is 19.7 Å². The van der Waals surface area contributed by atoms with Crippen LogP contribution in [0.3, 0.4) is 0 Å². The monoisotopic (exact) mass is 497 g/mol. The highest BCUT2D eigenvalue weighted by molar-refractivity contribution is 9.10. The fraction of sp³-hybridized carbons (Fsp3) is 0.550. The Morgan fingerprint density at radius 3 is 2.45 bits per heavy atom. The Balaban J connectivity index is 2.54. The Labute approximate surface area is 190 Å². The molecule has 2 aromatic heterocycles. The van der Waals surface area contributed by atoms with Gasteiger partial charge in [0.2, 0.25) is 11.8 Å². The van der Waals surface area contributed by atoms with E-state index in [2.05, 4.69) is 31.0 Å². The van der Waals surface area contributed by atoms with Gasteiger partial charge in [-0.2, -0.15) is 10.1 Å². The van der Waals surface area contributed by atoms with Crippen molar-refractivity contribution >= 4 is 33.9 Å². The van der Waals surface area contributed by atoms with E-state index in [1.54, 1.807) is 27.7 Å². The third kappa shape index (κ3) is 5.52. The number of esters is 1. The smallest absolute Gasteiger partial charge is 0.416 e. The average molecular weight is 498 g/mol. The highest BCUT2D eigenvalue weighted by Gasteiger charge is 2.28. The molecular weight excluding hydrogens is 470 g/mol. The van der Waals surface area contributed by atoms with Crippen LogP contribution in [0.5, 0.6) is 5.88 Å². The van der Waals surface area contributed by atoms with Crippen molar-refractivity contribution in [2.45, 2.75) is 53.1 Å². The van der Waals surface area contributed by atoms with Gasteiger partial charge in [0.25, 0.3) is 0 Å². The van der Waals surface area contributed by atoms with Crippen LogP contribution in [0, 0.1) is 0 Å². The maximum Gasteiger partial charge on any atom is 0.416 e. The van der Waals surface area contributed by atoms with E-state index in [-0.39, 0.29) is 30.0 Å². The number of carbonyl (C=O) groups excluding carboxylic acids is 2. The molecule has 1 amide bonds. The van der Waals surface area contributed by atoms with Crippen LogP contribution in [-0.2, 0) is 9.47 Å². The second-order valence-electron chi connectivity index (χ2n) is 7.94. The van der Waals surface area contributed by atoms with Crippen LogP contribution in [0.2, 0.25) is 0 Å². The van der Waals surface area contributed by atoms with Crippen LogP contribution in [0.25, 0.3) is 5.69 Å². The third-order valence-electron chi connectivity index (χ3n) is 3.99. The second-order valence-corrected chi connectivity index (χ2v) is 8.73. The van der Waals surface area contributed by atoms with Crippen molar-refractivity contribution in [3.63, 3.8) is 0 Å². The molecule has 0 spiro atoms.